The van der Waals surface area contributed by atoms with Gasteiger partial charge >= 0.3 is 0 Å². The van der Waals surface area contributed by atoms with Crippen LogP contribution in [-0.4, -0.2) is 30.5 Å². The van der Waals surface area contributed by atoms with Crippen molar-refractivity contribution >= 4 is 5.82 Å². The Balaban J connectivity index is 1.93. The predicted molar refractivity (Wildman–Crippen MR) is 108 cm³/mol. The molecule has 0 saturated heterocycles. The lowest BCUT2D eigenvalue weighted by Gasteiger charge is -2.14. The van der Waals surface area contributed by atoms with E-state index >= 15 is 0 Å². The van der Waals surface area contributed by atoms with E-state index in [1.54, 1.807) is 14.2 Å². The Labute approximate surface area is 159 Å². The van der Waals surface area contributed by atoms with Gasteiger partial charge in [-0.25, -0.2) is 4.68 Å². The van der Waals surface area contributed by atoms with Crippen molar-refractivity contribution in [3.63, 3.8) is 0 Å². The molecule has 1 aliphatic heterocycles. The molecule has 0 fully saturated rings. The zero-order valence-corrected chi connectivity index (χ0v) is 16.2. The van der Waals surface area contributed by atoms with Crippen molar-refractivity contribution in [3.05, 3.63) is 53.6 Å². The average Bonchev–Trinajstić information content (AvgIpc) is 3.30. The minimum absolute atomic E-state index is 0.414. The molecule has 1 aliphatic rings. The monoisotopic (exact) mass is 363 g/mol. The standard InChI is InChI=1S/C22H25N3O2/c1-14(2)16-7-5-6-8-19(16)25-22-17(11-12-23-22)21(24-25)18-13-15(26-3)9-10-20(18)27-4/h5-10,13-14,23H,11-12H2,1-4H3. The van der Waals surface area contributed by atoms with Gasteiger partial charge in [-0.2, -0.15) is 5.10 Å². The first-order valence-corrected chi connectivity index (χ1v) is 9.31. The summed E-state index contributed by atoms with van der Waals surface area (Å²) in [5.41, 5.74) is 5.52. The second-order valence-corrected chi connectivity index (χ2v) is 7.04. The molecule has 1 N–H and O–H groups in total. The predicted octanol–water partition coefficient (Wildman–Crippen LogP) is 4.65. The van der Waals surface area contributed by atoms with E-state index in [2.05, 4.69) is 43.4 Å². The number of rotatable bonds is 5. The Hall–Kier alpha value is -2.95. The van der Waals surface area contributed by atoms with E-state index < -0.39 is 0 Å². The molecule has 140 valence electrons. The Bertz CT molecular complexity index is 976. The van der Waals surface area contributed by atoms with E-state index in [1.165, 1.54) is 11.1 Å². The summed E-state index contributed by atoms with van der Waals surface area (Å²) in [6, 6.07) is 14.3. The summed E-state index contributed by atoms with van der Waals surface area (Å²) in [5.74, 6) is 3.08. The maximum absolute atomic E-state index is 5.61. The summed E-state index contributed by atoms with van der Waals surface area (Å²) in [6.07, 6.45) is 0.939. The third kappa shape index (κ3) is 2.93. The fourth-order valence-electron chi connectivity index (χ4n) is 3.73. The Morgan fingerprint density at radius 2 is 1.89 bits per heavy atom. The van der Waals surface area contributed by atoms with Gasteiger partial charge in [-0.05, 0) is 42.2 Å². The highest BCUT2D eigenvalue weighted by Gasteiger charge is 2.27. The lowest BCUT2D eigenvalue weighted by Crippen LogP contribution is -2.07. The van der Waals surface area contributed by atoms with Crippen molar-refractivity contribution in [1.29, 1.82) is 0 Å². The van der Waals surface area contributed by atoms with Gasteiger partial charge in [-0.3, -0.25) is 0 Å². The first-order chi connectivity index (χ1) is 13.1. The molecule has 3 aromatic rings. The zero-order valence-electron chi connectivity index (χ0n) is 16.2. The third-order valence-corrected chi connectivity index (χ3v) is 5.10. The molecular weight excluding hydrogens is 338 g/mol. The Morgan fingerprint density at radius 3 is 2.63 bits per heavy atom. The van der Waals surface area contributed by atoms with Gasteiger partial charge in [0.25, 0.3) is 0 Å². The molecule has 0 saturated carbocycles. The van der Waals surface area contributed by atoms with Crippen molar-refractivity contribution in [2.45, 2.75) is 26.2 Å². The quantitative estimate of drug-likeness (QED) is 0.717. The molecule has 27 heavy (non-hydrogen) atoms. The number of nitrogens with zero attached hydrogens (tertiary/aromatic N) is 2. The first kappa shape index (κ1) is 17.5. The van der Waals surface area contributed by atoms with Crippen molar-refractivity contribution in [2.24, 2.45) is 0 Å². The van der Waals surface area contributed by atoms with Crippen molar-refractivity contribution in [3.8, 4) is 28.4 Å². The maximum Gasteiger partial charge on any atom is 0.133 e. The summed E-state index contributed by atoms with van der Waals surface area (Å²) in [6.45, 7) is 5.33. The highest BCUT2D eigenvalue weighted by atomic mass is 16.5. The average molecular weight is 363 g/mol. The molecule has 0 atom stereocenters. The van der Waals surface area contributed by atoms with Crippen molar-refractivity contribution in [2.75, 3.05) is 26.1 Å². The number of para-hydroxylation sites is 1. The van der Waals surface area contributed by atoms with Crippen LogP contribution in [0.1, 0.15) is 30.9 Å². The second kappa shape index (κ2) is 6.99. The van der Waals surface area contributed by atoms with Gasteiger partial charge in [0.1, 0.15) is 23.0 Å². The third-order valence-electron chi connectivity index (χ3n) is 5.10. The molecule has 1 aromatic heterocycles. The smallest absolute Gasteiger partial charge is 0.133 e. The number of hydrogen-bond donors (Lipinski definition) is 1. The van der Waals surface area contributed by atoms with Crippen LogP contribution in [0.5, 0.6) is 11.5 Å². The van der Waals surface area contributed by atoms with Crippen LogP contribution in [0.25, 0.3) is 16.9 Å². The van der Waals surface area contributed by atoms with E-state index in [4.69, 9.17) is 14.6 Å². The van der Waals surface area contributed by atoms with Gasteiger partial charge in [-0.1, -0.05) is 32.0 Å². The molecule has 0 amide bonds. The Kier molecular flexibility index (Phi) is 4.52. The molecule has 2 heterocycles. The molecule has 5 nitrogen and oxygen atoms in total. The zero-order chi connectivity index (χ0) is 19.0. The molecule has 2 aromatic carbocycles. The lowest BCUT2D eigenvalue weighted by molar-refractivity contribution is 0.404. The van der Waals surface area contributed by atoms with Crippen molar-refractivity contribution in [1.82, 2.24) is 9.78 Å². The second-order valence-electron chi connectivity index (χ2n) is 7.04. The number of anilines is 1. The highest BCUT2D eigenvalue weighted by Crippen LogP contribution is 2.40. The van der Waals surface area contributed by atoms with Crippen LogP contribution >= 0.6 is 0 Å². The van der Waals surface area contributed by atoms with Crippen LogP contribution < -0.4 is 14.8 Å². The number of hydrogen-bond acceptors (Lipinski definition) is 4. The summed E-state index contributed by atoms with van der Waals surface area (Å²) in [7, 11) is 3.36. The van der Waals surface area contributed by atoms with Crippen LogP contribution in [0.15, 0.2) is 42.5 Å². The topological polar surface area (TPSA) is 48.3 Å². The number of nitrogens with one attached hydrogen (secondary N) is 1. The number of aromatic nitrogens is 2. The highest BCUT2D eigenvalue weighted by molar-refractivity contribution is 5.78. The van der Waals surface area contributed by atoms with Crippen LogP contribution in [0.3, 0.4) is 0 Å². The van der Waals surface area contributed by atoms with Crippen LogP contribution in [0, 0.1) is 0 Å². The van der Waals surface area contributed by atoms with Gasteiger partial charge in [0.2, 0.25) is 0 Å². The van der Waals surface area contributed by atoms with E-state index in [0.717, 1.165) is 47.2 Å². The molecule has 4 rings (SSSR count). The molecule has 0 spiro atoms. The van der Waals surface area contributed by atoms with Crippen molar-refractivity contribution < 1.29 is 9.47 Å². The summed E-state index contributed by atoms with van der Waals surface area (Å²) in [5, 5.41) is 8.54. The molecule has 0 radical (unpaired) electrons. The number of fused-ring (bicyclic) bond motifs is 1. The molecule has 5 heteroatoms. The van der Waals surface area contributed by atoms with Crippen LogP contribution in [0.2, 0.25) is 0 Å². The fraction of sp³-hybridized carbons (Fsp3) is 0.318. The van der Waals surface area contributed by atoms with Gasteiger partial charge in [0.15, 0.2) is 0 Å². The molecule has 0 aliphatic carbocycles. The number of methoxy groups -OCH3 is 2. The normalized spacial score (nSPS) is 12.8. The minimum Gasteiger partial charge on any atom is -0.497 e. The molecule has 0 unspecified atom stereocenters. The van der Waals surface area contributed by atoms with Gasteiger partial charge in [0.05, 0.1) is 19.9 Å². The van der Waals surface area contributed by atoms with E-state index in [9.17, 15) is 0 Å². The van der Waals surface area contributed by atoms with Gasteiger partial charge < -0.3 is 14.8 Å². The van der Waals surface area contributed by atoms with Gasteiger partial charge in [-0.15, -0.1) is 0 Å². The summed E-state index contributed by atoms with van der Waals surface area (Å²) in [4.78, 5) is 0. The van der Waals surface area contributed by atoms with Gasteiger partial charge in [0, 0.05) is 17.7 Å². The minimum atomic E-state index is 0.414. The largest absolute Gasteiger partial charge is 0.497 e. The summed E-state index contributed by atoms with van der Waals surface area (Å²) < 4.78 is 13.1. The first-order valence-electron chi connectivity index (χ1n) is 9.31. The summed E-state index contributed by atoms with van der Waals surface area (Å²) >= 11 is 0. The molecular formula is C22H25N3O2. The van der Waals surface area contributed by atoms with E-state index in [0.29, 0.717) is 5.92 Å². The maximum atomic E-state index is 5.61. The van der Waals surface area contributed by atoms with Crippen LogP contribution in [-0.2, 0) is 6.42 Å². The fourth-order valence-corrected chi connectivity index (χ4v) is 3.73. The van der Waals surface area contributed by atoms with E-state index in [-0.39, 0.29) is 0 Å². The Morgan fingerprint density at radius 1 is 1.07 bits per heavy atom. The van der Waals surface area contributed by atoms with E-state index in [1.807, 2.05) is 22.9 Å². The SMILES string of the molecule is COc1ccc(OC)c(-c2nn(-c3ccccc3C(C)C)c3c2CCN3)c1. The van der Waals surface area contributed by atoms with Crippen LogP contribution in [0.4, 0.5) is 5.82 Å². The number of ether oxygens (including phenoxy) is 2. The number of benzene rings is 2. The molecule has 0 bridgehead atoms. The lowest BCUT2D eigenvalue weighted by atomic mass is 10.0.